The molecule has 2 nitrogen and oxygen atoms in total. The van der Waals surface area contributed by atoms with Crippen LogP contribution in [-0.4, -0.2) is 11.7 Å². The molecular formula is C17H25NO. The van der Waals surface area contributed by atoms with E-state index >= 15 is 0 Å². The highest BCUT2D eigenvalue weighted by atomic mass is 16.3. The lowest BCUT2D eigenvalue weighted by atomic mass is 9.86. The lowest BCUT2D eigenvalue weighted by Gasteiger charge is -2.29. The molecule has 104 valence electrons. The second kappa shape index (κ2) is 5.96. The zero-order valence-corrected chi connectivity index (χ0v) is 11.7. The van der Waals surface area contributed by atoms with E-state index in [-0.39, 0.29) is 0 Å². The van der Waals surface area contributed by atoms with E-state index in [0.29, 0.717) is 11.8 Å². The fraction of sp³-hybridized carbons (Fsp3) is 0.647. The van der Waals surface area contributed by atoms with Crippen molar-refractivity contribution >= 4 is 0 Å². The van der Waals surface area contributed by atoms with Gasteiger partial charge in [0, 0.05) is 6.04 Å². The summed E-state index contributed by atoms with van der Waals surface area (Å²) in [6.45, 7) is 1.15. The number of aromatic hydroxyl groups is 1. The Morgan fingerprint density at radius 1 is 1.05 bits per heavy atom. The van der Waals surface area contributed by atoms with E-state index in [1.54, 1.807) is 0 Å². The monoisotopic (exact) mass is 259 g/mol. The van der Waals surface area contributed by atoms with Crippen LogP contribution in [0.15, 0.2) is 18.2 Å². The van der Waals surface area contributed by atoms with Gasteiger partial charge in [0.15, 0.2) is 0 Å². The summed E-state index contributed by atoms with van der Waals surface area (Å²) in [4.78, 5) is 0. The third-order valence-electron chi connectivity index (χ3n) is 4.82. The Hall–Kier alpha value is -1.02. The van der Waals surface area contributed by atoms with E-state index < -0.39 is 0 Å². The zero-order valence-electron chi connectivity index (χ0n) is 11.7. The summed E-state index contributed by atoms with van der Waals surface area (Å²) in [6, 6.07) is 6.34. The van der Waals surface area contributed by atoms with Crippen LogP contribution in [0.1, 0.15) is 62.1 Å². The van der Waals surface area contributed by atoms with Gasteiger partial charge < -0.3 is 10.4 Å². The van der Waals surface area contributed by atoms with Gasteiger partial charge in [-0.05, 0) is 67.8 Å². The number of fused-ring (bicyclic) bond motifs is 1. The van der Waals surface area contributed by atoms with E-state index in [1.165, 1.54) is 56.1 Å². The Balaban J connectivity index is 1.64. The third kappa shape index (κ3) is 3.11. The summed E-state index contributed by atoms with van der Waals surface area (Å²) in [5.74, 6) is 1.28. The van der Waals surface area contributed by atoms with Gasteiger partial charge in [0.1, 0.15) is 5.75 Å². The van der Waals surface area contributed by atoms with E-state index in [9.17, 15) is 5.11 Å². The molecule has 2 aliphatic rings. The fourth-order valence-electron chi connectivity index (χ4n) is 3.70. The van der Waals surface area contributed by atoms with Gasteiger partial charge in [0.05, 0.1) is 0 Å². The molecule has 0 heterocycles. The Morgan fingerprint density at radius 3 is 2.74 bits per heavy atom. The predicted molar refractivity (Wildman–Crippen MR) is 78.4 cm³/mol. The third-order valence-corrected chi connectivity index (χ3v) is 4.82. The number of phenols is 1. The van der Waals surface area contributed by atoms with Crippen LogP contribution >= 0.6 is 0 Å². The lowest BCUT2D eigenvalue weighted by Crippen LogP contribution is -2.30. The first-order chi connectivity index (χ1) is 9.33. The lowest BCUT2D eigenvalue weighted by molar-refractivity contribution is 0.319. The molecule has 1 fully saturated rings. The first kappa shape index (κ1) is 13.0. The van der Waals surface area contributed by atoms with Gasteiger partial charge in [0.25, 0.3) is 0 Å². The Kier molecular flexibility index (Phi) is 4.07. The molecule has 1 atom stereocenters. The van der Waals surface area contributed by atoms with Crippen molar-refractivity contribution in [2.45, 2.75) is 57.4 Å². The number of phenolic OH excluding ortho intramolecular Hbond substituents is 1. The molecule has 2 N–H and O–H groups in total. The highest BCUT2D eigenvalue weighted by molar-refractivity contribution is 5.38. The van der Waals surface area contributed by atoms with Gasteiger partial charge in [-0.25, -0.2) is 0 Å². The largest absolute Gasteiger partial charge is 0.508 e. The Labute approximate surface area is 116 Å². The zero-order chi connectivity index (χ0) is 13.1. The molecule has 19 heavy (non-hydrogen) atoms. The summed E-state index contributed by atoms with van der Waals surface area (Å²) in [7, 11) is 0. The molecule has 1 aromatic rings. The summed E-state index contributed by atoms with van der Waals surface area (Å²) < 4.78 is 0. The highest BCUT2D eigenvalue weighted by Crippen LogP contribution is 2.32. The number of benzene rings is 1. The Morgan fingerprint density at radius 2 is 1.89 bits per heavy atom. The van der Waals surface area contributed by atoms with Crippen molar-refractivity contribution in [2.75, 3.05) is 6.54 Å². The fourth-order valence-corrected chi connectivity index (χ4v) is 3.70. The van der Waals surface area contributed by atoms with Crippen LogP contribution in [0, 0.1) is 5.92 Å². The number of hydrogen-bond acceptors (Lipinski definition) is 2. The maximum Gasteiger partial charge on any atom is 0.115 e. The quantitative estimate of drug-likeness (QED) is 0.861. The van der Waals surface area contributed by atoms with Crippen LogP contribution in [0.5, 0.6) is 5.75 Å². The SMILES string of the molecule is Oc1ccc2c(c1)C(NCC1CCCCC1)CCC2. The molecule has 2 heteroatoms. The van der Waals surface area contributed by atoms with Crippen molar-refractivity contribution in [3.8, 4) is 5.75 Å². The first-order valence-corrected chi connectivity index (χ1v) is 7.88. The second-order valence-corrected chi connectivity index (χ2v) is 6.24. The molecule has 0 aromatic heterocycles. The number of rotatable bonds is 3. The minimum absolute atomic E-state index is 0.408. The van der Waals surface area contributed by atoms with Crippen LogP contribution in [-0.2, 0) is 6.42 Å². The van der Waals surface area contributed by atoms with E-state index in [1.807, 2.05) is 12.1 Å². The predicted octanol–water partition coefficient (Wildman–Crippen LogP) is 3.94. The second-order valence-electron chi connectivity index (χ2n) is 6.24. The number of nitrogens with one attached hydrogen (secondary N) is 1. The van der Waals surface area contributed by atoms with Crippen LogP contribution in [0.2, 0.25) is 0 Å². The average Bonchev–Trinajstić information content (AvgIpc) is 2.46. The molecule has 3 rings (SSSR count). The van der Waals surface area contributed by atoms with Crippen LogP contribution in [0.4, 0.5) is 0 Å². The van der Waals surface area contributed by atoms with E-state index in [0.717, 1.165) is 18.9 Å². The molecular weight excluding hydrogens is 234 g/mol. The molecule has 1 aromatic carbocycles. The smallest absolute Gasteiger partial charge is 0.115 e. The van der Waals surface area contributed by atoms with Crippen molar-refractivity contribution in [1.82, 2.24) is 5.32 Å². The van der Waals surface area contributed by atoms with Gasteiger partial charge in [-0.3, -0.25) is 0 Å². The normalized spacial score (nSPS) is 24.1. The van der Waals surface area contributed by atoms with Gasteiger partial charge in [-0.2, -0.15) is 0 Å². The molecule has 0 amide bonds. The topological polar surface area (TPSA) is 32.3 Å². The minimum Gasteiger partial charge on any atom is -0.508 e. The van der Waals surface area contributed by atoms with Gasteiger partial charge >= 0.3 is 0 Å². The van der Waals surface area contributed by atoms with Crippen molar-refractivity contribution in [3.63, 3.8) is 0 Å². The summed E-state index contributed by atoms with van der Waals surface area (Å²) in [6.07, 6.45) is 10.7. The number of aryl methyl sites for hydroxylation is 1. The standard InChI is InChI=1S/C17H25NO/c19-15-10-9-14-7-4-8-17(16(14)11-15)18-12-13-5-2-1-3-6-13/h9-11,13,17-19H,1-8,12H2. The van der Waals surface area contributed by atoms with Crippen LogP contribution in [0.3, 0.4) is 0 Å². The molecule has 0 radical (unpaired) electrons. The molecule has 1 unspecified atom stereocenters. The van der Waals surface area contributed by atoms with Crippen molar-refractivity contribution in [1.29, 1.82) is 0 Å². The van der Waals surface area contributed by atoms with Gasteiger partial charge in [0.2, 0.25) is 0 Å². The first-order valence-electron chi connectivity index (χ1n) is 7.88. The Bertz CT molecular complexity index is 423. The molecule has 0 spiro atoms. The molecule has 0 aliphatic heterocycles. The molecule has 0 bridgehead atoms. The van der Waals surface area contributed by atoms with E-state index in [2.05, 4.69) is 11.4 Å². The van der Waals surface area contributed by atoms with Crippen molar-refractivity contribution < 1.29 is 5.11 Å². The van der Waals surface area contributed by atoms with Gasteiger partial charge in [-0.1, -0.05) is 25.3 Å². The molecule has 2 aliphatic carbocycles. The average molecular weight is 259 g/mol. The maximum atomic E-state index is 9.70. The molecule has 0 saturated heterocycles. The maximum absolute atomic E-state index is 9.70. The van der Waals surface area contributed by atoms with Crippen LogP contribution in [0.25, 0.3) is 0 Å². The van der Waals surface area contributed by atoms with Crippen molar-refractivity contribution in [3.05, 3.63) is 29.3 Å². The van der Waals surface area contributed by atoms with Crippen molar-refractivity contribution in [2.24, 2.45) is 5.92 Å². The summed E-state index contributed by atoms with van der Waals surface area (Å²) in [5.41, 5.74) is 2.76. The van der Waals surface area contributed by atoms with Gasteiger partial charge in [-0.15, -0.1) is 0 Å². The number of hydrogen-bond donors (Lipinski definition) is 2. The molecule has 1 saturated carbocycles. The minimum atomic E-state index is 0.408. The van der Waals surface area contributed by atoms with E-state index in [4.69, 9.17) is 0 Å². The summed E-state index contributed by atoms with van der Waals surface area (Å²) in [5, 5.41) is 13.5. The van der Waals surface area contributed by atoms with Crippen LogP contribution < -0.4 is 5.32 Å². The summed E-state index contributed by atoms with van der Waals surface area (Å²) >= 11 is 0. The highest BCUT2D eigenvalue weighted by Gasteiger charge is 2.22.